The lowest BCUT2D eigenvalue weighted by atomic mass is 10.1. The Morgan fingerprint density at radius 2 is 1.74 bits per heavy atom. The molecular weight excluding hydrogens is 304 g/mol. The second-order valence-electron chi connectivity index (χ2n) is 5.75. The van der Waals surface area contributed by atoms with E-state index in [1.807, 2.05) is 44.4 Å². The fraction of sp³-hybridized carbons (Fsp3) is 0.316. The van der Waals surface area contributed by atoms with Crippen LogP contribution in [0, 0.1) is 6.92 Å². The molecule has 3 nitrogen and oxygen atoms in total. The standard InChI is InChI=1S/C19H24N2OS/c1-15-9-7-8-12-18(15)23-14-19(22)20-13-17(21(2)3)16-10-5-4-6-11-16/h4-12,17H,13-14H2,1-3H3,(H,20,22). The monoisotopic (exact) mass is 328 g/mol. The molecule has 0 saturated heterocycles. The molecule has 0 heterocycles. The Labute approximate surface area is 143 Å². The third-order valence-corrected chi connectivity index (χ3v) is 4.93. The van der Waals surface area contributed by atoms with Gasteiger partial charge < -0.3 is 10.2 Å². The van der Waals surface area contributed by atoms with Crippen LogP contribution in [-0.4, -0.2) is 37.2 Å². The average Bonchev–Trinajstić information content (AvgIpc) is 2.55. The molecule has 4 heteroatoms. The van der Waals surface area contributed by atoms with Crippen LogP contribution < -0.4 is 5.32 Å². The van der Waals surface area contributed by atoms with Gasteiger partial charge in [-0.2, -0.15) is 0 Å². The van der Waals surface area contributed by atoms with Gasteiger partial charge >= 0.3 is 0 Å². The summed E-state index contributed by atoms with van der Waals surface area (Å²) >= 11 is 1.59. The summed E-state index contributed by atoms with van der Waals surface area (Å²) in [6, 6.07) is 18.6. The number of thioether (sulfide) groups is 1. The minimum absolute atomic E-state index is 0.0704. The van der Waals surface area contributed by atoms with Crippen molar-refractivity contribution in [2.75, 3.05) is 26.4 Å². The molecule has 2 aromatic carbocycles. The molecule has 0 bridgehead atoms. The maximum absolute atomic E-state index is 12.1. The molecule has 0 aliphatic rings. The van der Waals surface area contributed by atoms with Crippen LogP contribution in [0.2, 0.25) is 0 Å². The van der Waals surface area contributed by atoms with Gasteiger partial charge in [0.05, 0.1) is 11.8 Å². The molecule has 0 aliphatic carbocycles. The van der Waals surface area contributed by atoms with Crippen LogP contribution in [0.5, 0.6) is 0 Å². The van der Waals surface area contributed by atoms with Gasteiger partial charge in [-0.15, -0.1) is 11.8 Å². The number of likely N-dealkylation sites (N-methyl/N-ethyl adjacent to an activating group) is 1. The number of rotatable bonds is 7. The highest BCUT2D eigenvalue weighted by atomic mass is 32.2. The molecule has 0 spiro atoms. The van der Waals surface area contributed by atoms with Crippen molar-refractivity contribution in [1.82, 2.24) is 10.2 Å². The first-order valence-electron chi connectivity index (χ1n) is 7.74. The second-order valence-corrected chi connectivity index (χ2v) is 6.77. The van der Waals surface area contributed by atoms with Crippen LogP contribution in [-0.2, 0) is 4.79 Å². The zero-order valence-corrected chi connectivity index (χ0v) is 14.8. The molecule has 0 saturated carbocycles. The molecule has 0 fully saturated rings. The van der Waals surface area contributed by atoms with E-state index in [-0.39, 0.29) is 11.9 Å². The number of benzene rings is 2. The van der Waals surface area contributed by atoms with Crippen LogP contribution in [0.25, 0.3) is 0 Å². The summed E-state index contributed by atoms with van der Waals surface area (Å²) in [5.41, 5.74) is 2.42. The fourth-order valence-electron chi connectivity index (χ4n) is 2.40. The first kappa shape index (κ1) is 17.6. The smallest absolute Gasteiger partial charge is 0.230 e. The van der Waals surface area contributed by atoms with Crippen molar-refractivity contribution >= 4 is 17.7 Å². The zero-order valence-electron chi connectivity index (χ0n) is 14.0. The van der Waals surface area contributed by atoms with Gasteiger partial charge in [0.15, 0.2) is 0 Å². The van der Waals surface area contributed by atoms with Crippen LogP contribution in [0.15, 0.2) is 59.5 Å². The Hall–Kier alpha value is -1.78. The van der Waals surface area contributed by atoms with E-state index in [2.05, 4.69) is 41.4 Å². The summed E-state index contributed by atoms with van der Waals surface area (Å²) in [6.45, 7) is 2.68. The molecule has 0 radical (unpaired) electrons. The van der Waals surface area contributed by atoms with E-state index in [9.17, 15) is 4.79 Å². The number of nitrogens with zero attached hydrogens (tertiary/aromatic N) is 1. The molecule has 1 N–H and O–H groups in total. The molecule has 0 aliphatic heterocycles. The van der Waals surface area contributed by atoms with E-state index < -0.39 is 0 Å². The van der Waals surface area contributed by atoms with Crippen molar-refractivity contribution in [3.8, 4) is 0 Å². The molecule has 1 amide bonds. The summed E-state index contributed by atoms with van der Waals surface area (Å²) in [7, 11) is 4.07. The van der Waals surface area contributed by atoms with E-state index in [4.69, 9.17) is 0 Å². The first-order chi connectivity index (χ1) is 11.1. The predicted octanol–water partition coefficient (Wildman–Crippen LogP) is 3.51. The number of hydrogen-bond acceptors (Lipinski definition) is 3. The van der Waals surface area contributed by atoms with E-state index in [0.29, 0.717) is 12.3 Å². The summed E-state index contributed by atoms with van der Waals surface area (Å²) in [6.07, 6.45) is 0. The number of hydrogen-bond donors (Lipinski definition) is 1. The lowest BCUT2D eigenvalue weighted by Gasteiger charge is -2.25. The fourth-order valence-corrected chi connectivity index (χ4v) is 3.26. The van der Waals surface area contributed by atoms with E-state index in [1.54, 1.807) is 11.8 Å². The maximum Gasteiger partial charge on any atom is 0.230 e. The largest absolute Gasteiger partial charge is 0.353 e. The molecule has 122 valence electrons. The molecular formula is C19H24N2OS. The average molecular weight is 328 g/mol. The van der Waals surface area contributed by atoms with Gasteiger partial charge in [0, 0.05) is 11.4 Å². The minimum Gasteiger partial charge on any atom is -0.353 e. The molecule has 1 atom stereocenters. The number of amides is 1. The molecule has 23 heavy (non-hydrogen) atoms. The Kier molecular flexibility index (Phi) is 6.68. The highest BCUT2D eigenvalue weighted by Crippen LogP contribution is 2.21. The highest BCUT2D eigenvalue weighted by Gasteiger charge is 2.15. The third kappa shape index (κ3) is 5.41. The van der Waals surface area contributed by atoms with Gasteiger partial charge in [-0.1, -0.05) is 48.5 Å². The Bertz CT molecular complexity index is 628. The minimum atomic E-state index is 0.0704. The van der Waals surface area contributed by atoms with Crippen LogP contribution in [0.1, 0.15) is 17.2 Å². The normalized spacial score (nSPS) is 12.2. The quantitative estimate of drug-likeness (QED) is 0.790. The van der Waals surface area contributed by atoms with Gasteiger partial charge in [-0.25, -0.2) is 0 Å². The Balaban J connectivity index is 1.86. The molecule has 2 aromatic rings. The van der Waals surface area contributed by atoms with Crippen molar-refractivity contribution in [2.45, 2.75) is 17.9 Å². The molecule has 2 rings (SSSR count). The molecule has 1 unspecified atom stereocenters. The van der Waals surface area contributed by atoms with Crippen molar-refractivity contribution in [3.63, 3.8) is 0 Å². The number of nitrogens with one attached hydrogen (secondary N) is 1. The summed E-state index contributed by atoms with van der Waals surface area (Å²) in [4.78, 5) is 15.4. The summed E-state index contributed by atoms with van der Waals surface area (Å²) in [5, 5.41) is 3.05. The lowest BCUT2D eigenvalue weighted by molar-refractivity contribution is -0.118. The van der Waals surface area contributed by atoms with Crippen molar-refractivity contribution in [3.05, 3.63) is 65.7 Å². The summed E-state index contributed by atoms with van der Waals surface area (Å²) in [5.74, 6) is 0.515. The van der Waals surface area contributed by atoms with Crippen molar-refractivity contribution < 1.29 is 4.79 Å². The van der Waals surface area contributed by atoms with Gasteiger partial charge in [-0.05, 0) is 38.2 Å². The lowest BCUT2D eigenvalue weighted by Crippen LogP contribution is -2.35. The van der Waals surface area contributed by atoms with Crippen LogP contribution in [0.3, 0.4) is 0 Å². The SMILES string of the molecule is Cc1ccccc1SCC(=O)NCC(c1ccccc1)N(C)C. The van der Waals surface area contributed by atoms with Crippen molar-refractivity contribution in [1.29, 1.82) is 0 Å². The van der Waals surface area contributed by atoms with Gasteiger partial charge in [0.1, 0.15) is 0 Å². The number of carbonyl (C=O) groups is 1. The van der Waals surface area contributed by atoms with E-state index in [0.717, 1.165) is 4.90 Å². The number of aryl methyl sites for hydroxylation is 1. The maximum atomic E-state index is 12.1. The van der Waals surface area contributed by atoms with Gasteiger partial charge in [0.25, 0.3) is 0 Å². The third-order valence-electron chi connectivity index (χ3n) is 3.75. The highest BCUT2D eigenvalue weighted by molar-refractivity contribution is 8.00. The first-order valence-corrected chi connectivity index (χ1v) is 8.73. The summed E-state index contributed by atoms with van der Waals surface area (Å²) < 4.78 is 0. The van der Waals surface area contributed by atoms with Crippen LogP contribution in [0.4, 0.5) is 0 Å². The topological polar surface area (TPSA) is 32.3 Å². The van der Waals surface area contributed by atoms with Crippen molar-refractivity contribution in [2.24, 2.45) is 0 Å². The van der Waals surface area contributed by atoms with Gasteiger partial charge in [0.2, 0.25) is 5.91 Å². The predicted molar refractivity (Wildman–Crippen MR) is 97.8 cm³/mol. The second kappa shape index (κ2) is 8.75. The number of carbonyl (C=O) groups excluding carboxylic acids is 1. The molecule has 0 aromatic heterocycles. The van der Waals surface area contributed by atoms with E-state index in [1.165, 1.54) is 11.1 Å². The zero-order chi connectivity index (χ0) is 16.7. The van der Waals surface area contributed by atoms with Crippen LogP contribution >= 0.6 is 11.8 Å². The van der Waals surface area contributed by atoms with Gasteiger partial charge in [-0.3, -0.25) is 4.79 Å². The Morgan fingerprint density at radius 3 is 2.39 bits per heavy atom. The Morgan fingerprint density at radius 1 is 1.09 bits per heavy atom. The van der Waals surface area contributed by atoms with E-state index >= 15 is 0 Å².